The van der Waals surface area contributed by atoms with Gasteiger partial charge in [-0.1, -0.05) is 281 Å². The van der Waals surface area contributed by atoms with Gasteiger partial charge in [0.25, 0.3) is 0 Å². The van der Waals surface area contributed by atoms with Crippen LogP contribution in [0.2, 0.25) is 0 Å². The summed E-state index contributed by atoms with van der Waals surface area (Å²) >= 11 is 0. The van der Waals surface area contributed by atoms with Gasteiger partial charge in [0.2, 0.25) is 5.91 Å². The number of allylic oxidation sites excluding steroid dienone is 5. The molecule has 1 amide bonds. The van der Waals surface area contributed by atoms with Gasteiger partial charge in [0, 0.05) is 0 Å². The molecular weight excluding hydrogens is 763 g/mol. The van der Waals surface area contributed by atoms with Crippen LogP contribution in [0.4, 0.5) is 0 Å². The van der Waals surface area contributed by atoms with Crippen LogP contribution in [-0.2, 0) is 4.79 Å². The fourth-order valence-corrected chi connectivity index (χ4v) is 8.67. The first-order valence-electron chi connectivity index (χ1n) is 27.8. The lowest BCUT2D eigenvalue weighted by molar-refractivity contribution is -0.124. The Labute approximate surface area is 387 Å². The van der Waals surface area contributed by atoms with Gasteiger partial charge in [-0.25, -0.2) is 0 Å². The SMILES string of the molecule is CCCCCCCCCCCC/C=C/CC/C=C/CC/C=C/C(O)C(CO)NC(=O)CC(O)CCCCCCCCCCCCCCCCCCCCCCCCCCCCC. The van der Waals surface area contributed by atoms with Crippen LogP contribution in [0.15, 0.2) is 36.5 Å². The quantitative estimate of drug-likeness (QED) is 0.0362. The third kappa shape index (κ3) is 48.0. The third-order valence-corrected chi connectivity index (χ3v) is 12.9. The molecule has 0 rings (SSSR count). The summed E-state index contributed by atoms with van der Waals surface area (Å²) in [7, 11) is 0. The summed E-state index contributed by atoms with van der Waals surface area (Å²) < 4.78 is 0. The minimum absolute atomic E-state index is 0.00566. The summed E-state index contributed by atoms with van der Waals surface area (Å²) in [6.07, 6.45) is 67.6. The Kier molecular flexibility index (Phi) is 51.0. The normalized spacial score (nSPS) is 13.6. The molecule has 0 aliphatic rings. The van der Waals surface area contributed by atoms with E-state index >= 15 is 0 Å². The molecule has 366 valence electrons. The van der Waals surface area contributed by atoms with Gasteiger partial charge >= 0.3 is 0 Å². The van der Waals surface area contributed by atoms with E-state index < -0.39 is 18.2 Å². The second-order valence-corrected chi connectivity index (χ2v) is 19.2. The number of nitrogens with one attached hydrogen (secondary N) is 1. The monoisotopic (exact) mass is 872 g/mol. The number of amides is 1. The van der Waals surface area contributed by atoms with Crippen molar-refractivity contribution < 1.29 is 20.1 Å². The summed E-state index contributed by atoms with van der Waals surface area (Å²) in [5, 5.41) is 33.4. The molecule has 3 unspecified atom stereocenters. The van der Waals surface area contributed by atoms with Gasteiger partial charge < -0.3 is 20.6 Å². The van der Waals surface area contributed by atoms with Gasteiger partial charge in [-0.3, -0.25) is 4.79 Å². The molecule has 5 nitrogen and oxygen atoms in total. The van der Waals surface area contributed by atoms with Crippen LogP contribution >= 0.6 is 0 Å². The number of carbonyl (C=O) groups excluding carboxylic acids is 1. The van der Waals surface area contributed by atoms with E-state index in [4.69, 9.17) is 0 Å². The van der Waals surface area contributed by atoms with Crippen molar-refractivity contribution in [2.24, 2.45) is 0 Å². The van der Waals surface area contributed by atoms with E-state index in [0.29, 0.717) is 6.42 Å². The number of hydrogen-bond acceptors (Lipinski definition) is 4. The summed E-state index contributed by atoms with van der Waals surface area (Å²) in [5.74, 6) is -0.325. The van der Waals surface area contributed by atoms with E-state index in [2.05, 4.69) is 43.5 Å². The lowest BCUT2D eigenvalue weighted by atomic mass is 10.0. The van der Waals surface area contributed by atoms with Crippen molar-refractivity contribution in [3.05, 3.63) is 36.5 Å². The summed E-state index contributed by atoms with van der Waals surface area (Å²) in [6, 6.07) is -0.766. The molecule has 0 aromatic heterocycles. The van der Waals surface area contributed by atoms with Crippen molar-refractivity contribution in [3.8, 4) is 0 Å². The highest BCUT2D eigenvalue weighted by Crippen LogP contribution is 2.17. The van der Waals surface area contributed by atoms with Crippen LogP contribution in [0, 0.1) is 0 Å². The third-order valence-electron chi connectivity index (χ3n) is 12.9. The highest BCUT2D eigenvalue weighted by atomic mass is 16.3. The maximum atomic E-state index is 12.5. The Morgan fingerprint density at radius 2 is 0.694 bits per heavy atom. The predicted molar refractivity (Wildman–Crippen MR) is 273 cm³/mol. The molecule has 0 aromatic rings. The first-order chi connectivity index (χ1) is 30.5. The van der Waals surface area contributed by atoms with Crippen LogP contribution in [0.5, 0.6) is 0 Å². The minimum Gasteiger partial charge on any atom is -0.394 e. The molecular formula is C57H109NO4. The molecule has 0 aliphatic heterocycles. The Bertz CT molecular complexity index is 962. The molecule has 62 heavy (non-hydrogen) atoms. The van der Waals surface area contributed by atoms with Crippen molar-refractivity contribution >= 4 is 5.91 Å². The molecule has 0 saturated heterocycles. The molecule has 0 aliphatic carbocycles. The van der Waals surface area contributed by atoms with Gasteiger partial charge in [-0.05, 0) is 44.9 Å². The van der Waals surface area contributed by atoms with Crippen LogP contribution < -0.4 is 5.32 Å². The molecule has 0 fully saturated rings. The van der Waals surface area contributed by atoms with Crippen molar-refractivity contribution in [1.29, 1.82) is 0 Å². The zero-order valence-corrected chi connectivity index (χ0v) is 41.8. The number of hydrogen-bond donors (Lipinski definition) is 4. The molecule has 0 aromatic carbocycles. The second-order valence-electron chi connectivity index (χ2n) is 19.2. The second kappa shape index (κ2) is 52.2. The highest BCUT2D eigenvalue weighted by molar-refractivity contribution is 5.76. The minimum atomic E-state index is -0.959. The molecule has 0 spiro atoms. The van der Waals surface area contributed by atoms with Gasteiger partial charge in [0.1, 0.15) is 0 Å². The topological polar surface area (TPSA) is 89.8 Å². The van der Waals surface area contributed by atoms with E-state index in [9.17, 15) is 20.1 Å². The van der Waals surface area contributed by atoms with E-state index in [0.717, 1.165) is 38.5 Å². The number of carbonyl (C=O) groups is 1. The number of aliphatic hydroxyl groups is 3. The zero-order valence-electron chi connectivity index (χ0n) is 41.8. The molecule has 3 atom stereocenters. The number of rotatable bonds is 51. The van der Waals surface area contributed by atoms with Crippen molar-refractivity contribution in [2.75, 3.05) is 6.61 Å². The lowest BCUT2D eigenvalue weighted by Gasteiger charge is -2.21. The first-order valence-corrected chi connectivity index (χ1v) is 27.8. The molecule has 4 N–H and O–H groups in total. The molecule has 0 bridgehead atoms. The van der Waals surface area contributed by atoms with Crippen LogP contribution in [0.3, 0.4) is 0 Å². The van der Waals surface area contributed by atoms with Crippen LogP contribution in [-0.4, -0.2) is 46.1 Å². The van der Waals surface area contributed by atoms with Crippen molar-refractivity contribution in [1.82, 2.24) is 5.32 Å². The van der Waals surface area contributed by atoms with E-state index in [1.165, 1.54) is 231 Å². The Morgan fingerprint density at radius 3 is 1.03 bits per heavy atom. The van der Waals surface area contributed by atoms with Crippen molar-refractivity contribution in [3.63, 3.8) is 0 Å². The van der Waals surface area contributed by atoms with Crippen molar-refractivity contribution in [2.45, 2.75) is 315 Å². The van der Waals surface area contributed by atoms with E-state index in [-0.39, 0.29) is 18.9 Å². The number of unbranched alkanes of at least 4 members (excludes halogenated alkanes) is 38. The Hall–Kier alpha value is -1.43. The van der Waals surface area contributed by atoms with Gasteiger partial charge in [0.15, 0.2) is 0 Å². The predicted octanol–water partition coefficient (Wildman–Crippen LogP) is 17.1. The number of aliphatic hydroxyl groups excluding tert-OH is 3. The molecule has 0 saturated carbocycles. The van der Waals surface area contributed by atoms with Crippen LogP contribution in [0.25, 0.3) is 0 Å². The summed E-state index contributed by atoms with van der Waals surface area (Å²) in [4.78, 5) is 12.5. The fraction of sp³-hybridized carbons (Fsp3) is 0.877. The van der Waals surface area contributed by atoms with E-state index in [1.54, 1.807) is 6.08 Å². The lowest BCUT2D eigenvalue weighted by Crippen LogP contribution is -2.45. The summed E-state index contributed by atoms with van der Waals surface area (Å²) in [6.45, 7) is 4.23. The van der Waals surface area contributed by atoms with Gasteiger partial charge in [-0.2, -0.15) is 0 Å². The molecule has 0 heterocycles. The standard InChI is InChI=1S/C57H109NO4/c1-3-5-7-9-11-13-15-17-19-21-23-25-26-27-28-29-30-31-32-34-36-38-40-42-44-46-48-50-54(60)52-57(62)58-55(53-59)56(61)51-49-47-45-43-41-39-37-35-33-24-22-20-18-16-14-12-10-8-6-4-2/h33,35,41,43,49,51,54-56,59-61H,3-32,34,36-40,42,44-48,50,52-53H2,1-2H3,(H,58,62)/b35-33+,43-41+,51-49+. The zero-order chi connectivity index (χ0) is 45.1. The highest BCUT2D eigenvalue weighted by Gasteiger charge is 2.20. The average molecular weight is 873 g/mol. The van der Waals surface area contributed by atoms with Gasteiger partial charge in [0.05, 0.1) is 31.3 Å². The Morgan fingerprint density at radius 1 is 0.403 bits per heavy atom. The van der Waals surface area contributed by atoms with Gasteiger partial charge in [-0.15, -0.1) is 0 Å². The molecule has 0 radical (unpaired) electrons. The fourth-order valence-electron chi connectivity index (χ4n) is 8.67. The van der Waals surface area contributed by atoms with Crippen LogP contribution in [0.1, 0.15) is 296 Å². The Balaban J connectivity index is 3.59. The maximum Gasteiger partial charge on any atom is 0.222 e. The van der Waals surface area contributed by atoms with E-state index in [1.807, 2.05) is 6.08 Å². The maximum absolute atomic E-state index is 12.5. The average Bonchev–Trinajstić information content (AvgIpc) is 3.27. The summed E-state index contributed by atoms with van der Waals surface area (Å²) in [5.41, 5.74) is 0. The molecule has 5 heteroatoms. The first kappa shape index (κ1) is 60.6. The largest absolute Gasteiger partial charge is 0.394 e. The smallest absolute Gasteiger partial charge is 0.222 e.